The van der Waals surface area contributed by atoms with Crippen LogP contribution in [0.2, 0.25) is 5.15 Å². The van der Waals surface area contributed by atoms with E-state index in [2.05, 4.69) is 36.8 Å². The summed E-state index contributed by atoms with van der Waals surface area (Å²) in [5, 5.41) is 10.4. The summed E-state index contributed by atoms with van der Waals surface area (Å²) in [6.07, 6.45) is 4.35. The van der Waals surface area contributed by atoms with Gasteiger partial charge in [-0.2, -0.15) is 0 Å². The number of pyridine rings is 1. The van der Waals surface area contributed by atoms with Crippen molar-refractivity contribution in [3.8, 4) is 5.69 Å². The number of para-hydroxylation sites is 1. The first-order valence-electron chi connectivity index (χ1n) is 8.75. The Morgan fingerprint density at radius 3 is 2.54 bits per heavy atom. The number of aromatic nitrogens is 4. The van der Waals surface area contributed by atoms with Crippen LogP contribution in [0.25, 0.3) is 5.69 Å². The predicted octanol–water partition coefficient (Wildman–Crippen LogP) is 4.20. The van der Waals surface area contributed by atoms with Gasteiger partial charge in [0.2, 0.25) is 0 Å². The van der Waals surface area contributed by atoms with Gasteiger partial charge in [-0.25, -0.2) is 4.98 Å². The third-order valence-corrected chi connectivity index (χ3v) is 5.66. The molecule has 5 nitrogen and oxygen atoms in total. The molecule has 0 saturated carbocycles. The van der Waals surface area contributed by atoms with Crippen LogP contribution in [-0.4, -0.2) is 37.7 Å². The standard InChI is InChI=1S/C19H20ClN5S/c20-17-9-8-15(12-21-17)14-26-19-23-22-18(13-24-10-4-5-11-24)25(19)16-6-2-1-3-7-16/h1-3,6-9,12H,4-5,10-11,13-14H2. The summed E-state index contributed by atoms with van der Waals surface area (Å²) >= 11 is 7.54. The van der Waals surface area contributed by atoms with Gasteiger partial charge >= 0.3 is 0 Å². The molecule has 1 aromatic carbocycles. The molecule has 1 aliphatic rings. The second-order valence-electron chi connectivity index (χ2n) is 6.33. The van der Waals surface area contributed by atoms with Gasteiger partial charge in [0.1, 0.15) is 5.15 Å². The molecule has 0 atom stereocenters. The first-order valence-corrected chi connectivity index (χ1v) is 10.1. The Kier molecular flexibility index (Phi) is 5.53. The van der Waals surface area contributed by atoms with Gasteiger partial charge in [0.15, 0.2) is 11.0 Å². The van der Waals surface area contributed by atoms with Gasteiger partial charge in [-0.3, -0.25) is 9.47 Å². The highest BCUT2D eigenvalue weighted by Gasteiger charge is 2.19. The molecule has 134 valence electrons. The van der Waals surface area contributed by atoms with E-state index in [1.807, 2.05) is 36.5 Å². The highest BCUT2D eigenvalue weighted by molar-refractivity contribution is 7.98. The van der Waals surface area contributed by atoms with Crippen LogP contribution in [0.15, 0.2) is 53.8 Å². The van der Waals surface area contributed by atoms with E-state index in [4.69, 9.17) is 11.6 Å². The van der Waals surface area contributed by atoms with Gasteiger partial charge in [-0.1, -0.05) is 47.6 Å². The Hall–Kier alpha value is -1.89. The molecule has 0 bridgehead atoms. The maximum absolute atomic E-state index is 5.87. The van der Waals surface area contributed by atoms with E-state index < -0.39 is 0 Å². The van der Waals surface area contributed by atoms with Gasteiger partial charge in [-0.15, -0.1) is 10.2 Å². The fourth-order valence-corrected chi connectivity index (χ4v) is 4.13. The molecule has 3 heterocycles. The maximum Gasteiger partial charge on any atom is 0.196 e. The van der Waals surface area contributed by atoms with Crippen LogP contribution in [-0.2, 0) is 12.3 Å². The average molecular weight is 386 g/mol. The number of likely N-dealkylation sites (tertiary alicyclic amines) is 1. The van der Waals surface area contributed by atoms with Crippen LogP contribution in [0.4, 0.5) is 0 Å². The molecule has 7 heteroatoms. The quantitative estimate of drug-likeness (QED) is 0.470. The third kappa shape index (κ3) is 4.09. The molecule has 0 unspecified atom stereocenters. The summed E-state index contributed by atoms with van der Waals surface area (Å²) in [5.74, 6) is 1.77. The van der Waals surface area contributed by atoms with E-state index in [9.17, 15) is 0 Å². The second-order valence-corrected chi connectivity index (χ2v) is 7.66. The fraction of sp³-hybridized carbons (Fsp3) is 0.316. The molecule has 4 rings (SSSR count). The largest absolute Gasteiger partial charge is 0.296 e. The first kappa shape index (κ1) is 17.5. The average Bonchev–Trinajstić information content (AvgIpc) is 3.32. The summed E-state index contributed by atoms with van der Waals surface area (Å²) in [5.41, 5.74) is 2.21. The van der Waals surface area contributed by atoms with E-state index in [1.54, 1.807) is 11.8 Å². The van der Waals surface area contributed by atoms with E-state index in [0.29, 0.717) is 5.15 Å². The summed E-state index contributed by atoms with van der Waals surface area (Å²) in [4.78, 5) is 6.59. The summed E-state index contributed by atoms with van der Waals surface area (Å²) in [7, 11) is 0. The van der Waals surface area contributed by atoms with Crippen LogP contribution >= 0.6 is 23.4 Å². The zero-order valence-corrected chi connectivity index (χ0v) is 16.0. The van der Waals surface area contributed by atoms with E-state index in [-0.39, 0.29) is 0 Å². The van der Waals surface area contributed by atoms with Gasteiger partial charge < -0.3 is 0 Å². The number of hydrogen-bond donors (Lipinski definition) is 0. The van der Waals surface area contributed by atoms with Crippen molar-refractivity contribution in [3.63, 3.8) is 0 Å². The molecule has 2 aromatic heterocycles. The van der Waals surface area contributed by atoms with Crippen molar-refractivity contribution < 1.29 is 0 Å². The molecule has 1 fully saturated rings. The van der Waals surface area contributed by atoms with Gasteiger partial charge in [0.25, 0.3) is 0 Å². The summed E-state index contributed by atoms with van der Waals surface area (Å²) < 4.78 is 2.17. The monoisotopic (exact) mass is 385 g/mol. The molecule has 1 saturated heterocycles. The Bertz CT molecular complexity index is 844. The number of thioether (sulfide) groups is 1. The maximum atomic E-state index is 5.87. The van der Waals surface area contributed by atoms with Crippen molar-refractivity contribution in [2.24, 2.45) is 0 Å². The van der Waals surface area contributed by atoms with Crippen LogP contribution in [0.5, 0.6) is 0 Å². The molecule has 0 aliphatic carbocycles. The van der Waals surface area contributed by atoms with E-state index >= 15 is 0 Å². The molecule has 0 spiro atoms. The van der Waals surface area contributed by atoms with Crippen molar-refractivity contribution in [2.45, 2.75) is 30.3 Å². The zero-order valence-electron chi connectivity index (χ0n) is 14.4. The SMILES string of the molecule is Clc1ccc(CSc2nnc(CN3CCCC3)n2-c2ccccc2)cn1. The number of benzene rings is 1. The molecule has 26 heavy (non-hydrogen) atoms. The molecule has 0 amide bonds. The van der Waals surface area contributed by atoms with Crippen molar-refractivity contribution in [3.05, 3.63) is 65.2 Å². The lowest BCUT2D eigenvalue weighted by molar-refractivity contribution is 0.319. The van der Waals surface area contributed by atoms with E-state index in [0.717, 1.165) is 47.6 Å². The van der Waals surface area contributed by atoms with E-state index in [1.165, 1.54) is 12.8 Å². The van der Waals surface area contributed by atoms with Gasteiger partial charge in [0, 0.05) is 17.6 Å². The topological polar surface area (TPSA) is 46.8 Å². The lowest BCUT2D eigenvalue weighted by Gasteiger charge is -2.16. The highest BCUT2D eigenvalue weighted by Crippen LogP contribution is 2.26. The fourth-order valence-electron chi connectivity index (χ4n) is 3.11. The molecule has 1 aliphatic heterocycles. The Balaban J connectivity index is 1.58. The Morgan fingerprint density at radius 1 is 1.00 bits per heavy atom. The second kappa shape index (κ2) is 8.20. The number of hydrogen-bond acceptors (Lipinski definition) is 5. The smallest absolute Gasteiger partial charge is 0.196 e. The highest BCUT2D eigenvalue weighted by atomic mass is 35.5. The molecule has 0 N–H and O–H groups in total. The molecular weight excluding hydrogens is 366 g/mol. The summed E-state index contributed by atoms with van der Waals surface area (Å²) in [6.45, 7) is 3.12. The third-order valence-electron chi connectivity index (χ3n) is 4.44. The van der Waals surface area contributed by atoms with Crippen LogP contribution < -0.4 is 0 Å². The molecule has 0 radical (unpaired) electrons. The molecule has 3 aromatic rings. The predicted molar refractivity (Wildman–Crippen MR) is 105 cm³/mol. The lowest BCUT2D eigenvalue weighted by atomic mass is 10.3. The van der Waals surface area contributed by atoms with Crippen molar-refractivity contribution >= 4 is 23.4 Å². The van der Waals surface area contributed by atoms with Crippen LogP contribution in [0.1, 0.15) is 24.2 Å². The van der Waals surface area contributed by atoms with Gasteiger partial charge in [0.05, 0.1) is 6.54 Å². The van der Waals surface area contributed by atoms with Crippen molar-refractivity contribution in [2.75, 3.05) is 13.1 Å². The van der Waals surface area contributed by atoms with Crippen molar-refractivity contribution in [1.82, 2.24) is 24.6 Å². The first-order chi connectivity index (χ1) is 12.8. The van der Waals surface area contributed by atoms with Crippen LogP contribution in [0, 0.1) is 0 Å². The number of rotatable bonds is 6. The molecular formula is C19H20ClN5S. The normalized spacial score (nSPS) is 14.8. The lowest BCUT2D eigenvalue weighted by Crippen LogP contribution is -2.21. The van der Waals surface area contributed by atoms with Crippen LogP contribution in [0.3, 0.4) is 0 Å². The van der Waals surface area contributed by atoms with Gasteiger partial charge in [-0.05, 0) is 49.7 Å². The minimum atomic E-state index is 0.513. The Labute approximate surface area is 162 Å². The minimum Gasteiger partial charge on any atom is -0.296 e. The zero-order chi connectivity index (χ0) is 17.8. The number of halogens is 1. The van der Waals surface area contributed by atoms with Crippen molar-refractivity contribution in [1.29, 1.82) is 0 Å². The Morgan fingerprint density at radius 2 is 1.81 bits per heavy atom. The summed E-state index contributed by atoms with van der Waals surface area (Å²) in [6, 6.07) is 14.1. The minimum absolute atomic E-state index is 0.513. The number of nitrogens with zero attached hydrogens (tertiary/aromatic N) is 5.